The second-order valence-electron chi connectivity index (χ2n) is 4.79. The molecule has 1 unspecified atom stereocenters. The highest BCUT2D eigenvalue weighted by atomic mass is 16.5. The topological polar surface area (TPSA) is 48.4 Å². The molecule has 0 aliphatic rings. The van der Waals surface area contributed by atoms with Crippen molar-refractivity contribution in [3.8, 4) is 0 Å². The van der Waals surface area contributed by atoms with Crippen LogP contribution in [-0.2, 0) is 11.3 Å². The fraction of sp³-hybridized carbons (Fsp3) is 0.176. The smallest absolute Gasteiger partial charge is 0.134 e. The maximum absolute atomic E-state index is 6.10. The first kappa shape index (κ1) is 12.9. The molecule has 0 radical (unpaired) electrons. The van der Waals surface area contributed by atoms with E-state index in [1.807, 2.05) is 60.7 Å². The van der Waals surface area contributed by atoms with Gasteiger partial charge >= 0.3 is 0 Å². The summed E-state index contributed by atoms with van der Waals surface area (Å²) in [6.45, 7) is 1.00. The van der Waals surface area contributed by atoms with E-state index < -0.39 is 0 Å². The Morgan fingerprint density at radius 2 is 1.75 bits per heavy atom. The summed E-state index contributed by atoms with van der Waals surface area (Å²) in [7, 11) is 0. The van der Waals surface area contributed by atoms with Crippen LogP contribution in [0.15, 0.2) is 65.1 Å². The molecule has 0 aliphatic carbocycles. The summed E-state index contributed by atoms with van der Waals surface area (Å²) in [5.41, 5.74) is 8.11. The van der Waals surface area contributed by atoms with Crippen molar-refractivity contribution in [3.05, 3.63) is 72.0 Å². The van der Waals surface area contributed by atoms with Crippen molar-refractivity contribution in [2.45, 2.75) is 12.6 Å². The number of ether oxygens (including phenoxy) is 1. The quantitative estimate of drug-likeness (QED) is 0.767. The van der Waals surface area contributed by atoms with E-state index in [9.17, 15) is 0 Å². The number of fused-ring (bicyclic) bond motifs is 1. The normalized spacial score (nSPS) is 12.7. The van der Waals surface area contributed by atoms with Gasteiger partial charge in [-0.15, -0.1) is 0 Å². The van der Waals surface area contributed by atoms with Crippen LogP contribution in [0.5, 0.6) is 0 Å². The molecule has 0 aliphatic heterocycles. The second-order valence-corrected chi connectivity index (χ2v) is 4.79. The Bertz CT molecular complexity index is 643. The Morgan fingerprint density at radius 3 is 2.55 bits per heavy atom. The molecule has 0 saturated heterocycles. The third kappa shape index (κ3) is 2.90. The monoisotopic (exact) mass is 267 g/mol. The highest BCUT2D eigenvalue weighted by Gasteiger charge is 2.12. The first-order chi connectivity index (χ1) is 9.83. The van der Waals surface area contributed by atoms with Crippen LogP contribution in [0.25, 0.3) is 11.0 Å². The molecule has 3 rings (SSSR count). The zero-order valence-electron chi connectivity index (χ0n) is 11.2. The third-order valence-corrected chi connectivity index (χ3v) is 3.22. The molecule has 1 aromatic heterocycles. The van der Waals surface area contributed by atoms with E-state index in [4.69, 9.17) is 14.9 Å². The van der Waals surface area contributed by atoms with Gasteiger partial charge in [0.05, 0.1) is 19.3 Å². The van der Waals surface area contributed by atoms with Gasteiger partial charge in [0, 0.05) is 5.39 Å². The zero-order chi connectivity index (χ0) is 13.8. The van der Waals surface area contributed by atoms with E-state index in [1.165, 1.54) is 0 Å². The highest BCUT2D eigenvalue weighted by Crippen LogP contribution is 2.22. The average molecular weight is 267 g/mol. The number of rotatable bonds is 5. The first-order valence-electron chi connectivity index (χ1n) is 6.68. The third-order valence-electron chi connectivity index (χ3n) is 3.22. The summed E-state index contributed by atoms with van der Waals surface area (Å²) in [5, 5.41) is 1.07. The molecular weight excluding hydrogens is 250 g/mol. The molecule has 3 aromatic rings. The summed E-state index contributed by atoms with van der Waals surface area (Å²) in [6.07, 6.45) is 0. The number of benzene rings is 2. The van der Waals surface area contributed by atoms with Crippen LogP contribution in [0.2, 0.25) is 0 Å². The number of para-hydroxylation sites is 1. The molecule has 1 atom stereocenters. The summed E-state index contributed by atoms with van der Waals surface area (Å²) in [4.78, 5) is 0. The van der Waals surface area contributed by atoms with Gasteiger partial charge in [0.25, 0.3) is 0 Å². The maximum Gasteiger partial charge on any atom is 0.134 e. The largest absolute Gasteiger partial charge is 0.459 e. The minimum Gasteiger partial charge on any atom is -0.459 e. The molecule has 2 N–H and O–H groups in total. The maximum atomic E-state index is 6.10. The fourth-order valence-corrected chi connectivity index (χ4v) is 2.15. The van der Waals surface area contributed by atoms with Crippen LogP contribution in [0.4, 0.5) is 0 Å². The lowest BCUT2D eigenvalue weighted by atomic mass is 10.2. The van der Waals surface area contributed by atoms with E-state index in [1.54, 1.807) is 0 Å². The summed E-state index contributed by atoms with van der Waals surface area (Å²) in [5.74, 6) is 0.763. The molecule has 20 heavy (non-hydrogen) atoms. The summed E-state index contributed by atoms with van der Waals surface area (Å²) < 4.78 is 11.4. The van der Waals surface area contributed by atoms with Crippen LogP contribution in [0.3, 0.4) is 0 Å². The van der Waals surface area contributed by atoms with Crippen molar-refractivity contribution in [3.63, 3.8) is 0 Å². The average Bonchev–Trinajstić information content (AvgIpc) is 2.92. The minimum atomic E-state index is -0.244. The van der Waals surface area contributed by atoms with Gasteiger partial charge in [0.15, 0.2) is 0 Å². The highest BCUT2D eigenvalue weighted by molar-refractivity contribution is 5.77. The van der Waals surface area contributed by atoms with Crippen molar-refractivity contribution in [2.24, 2.45) is 5.73 Å². The second kappa shape index (κ2) is 5.90. The van der Waals surface area contributed by atoms with E-state index in [0.717, 1.165) is 22.3 Å². The molecule has 0 spiro atoms. The van der Waals surface area contributed by atoms with E-state index in [2.05, 4.69) is 0 Å². The van der Waals surface area contributed by atoms with Gasteiger partial charge in [-0.1, -0.05) is 48.5 Å². The lowest BCUT2D eigenvalue weighted by Gasteiger charge is -2.09. The fourth-order valence-electron chi connectivity index (χ4n) is 2.15. The number of hydrogen-bond acceptors (Lipinski definition) is 3. The van der Waals surface area contributed by atoms with Crippen molar-refractivity contribution in [2.75, 3.05) is 6.61 Å². The predicted molar refractivity (Wildman–Crippen MR) is 79.2 cm³/mol. The number of furan rings is 1. The molecule has 0 saturated carbocycles. The summed E-state index contributed by atoms with van der Waals surface area (Å²) in [6, 6.07) is 19.7. The van der Waals surface area contributed by atoms with Gasteiger partial charge in [0.1, 0.15) is 11.3 Å². The lowest BCUT2D eigenvalue weighted by molar-refractivity contribution is 0.103. The molecular formula is C17H17NO2. The molecule has 3 nitrogen and oxygen atoms in total. The number of hydrogen-bond donors (Lipinski definition) is 1. The lowest BCUT2D eigenvalue weighted by Crippen LogP contribution is -2.16. The van der Waals surface area contributed by atoms with Gasteiger partial charge in [-0.2, -0.15) is 0 Å². The summed E-state index contributed by atoms with van der Waals surface area (Å²) >= 11 is 0. The van der Waals surface area contributed by atoms with E-state index in [-0.39, 0.29) is 6.04 Å². The molecule has 1 heterocycles. The number of nitrogens with two attached hydrogens (primary N) is 1. The standard InChI is InChI=1S/C17H17NO2/c18-15(12-19-11-13-6-2-1-3-7-13)17-10-14-8-4-5-9-16(14)20-17/h1-10,15H,11-12,18H2. The zero-order valence-corrected chi connectivity index (χ0v) is 11.2. The van der Waals surface area contributed by atoms with Crippen LogP contribution >= 0.6 is 0 Å². The molecule has 0 amide bonds. The SMILES string of the molecule is NC(COCc1ccccc1)c1cc2ccccc2o1. The minimum absolute atomic E-state index is 0.244. The Kier molecular flexibility index (Phi) is 3.81. The Labute approximate surface area is 118 Å². The molecule has 3 heteroatoms. The van der Waals surface area contributed by atoms with Crippen LogP contribution in [0, 0.1) is 0 Å². The molecule has 2 aromatic carbocycles. The van der Waals surface area contributed by atoms with E-state index in [0.29, 0.717) is 13.2 Å². The molecule has 0 fully saturated rings. The van der Waals surface area contributed by atoms with Crippen molar-refractivity contribution in [1.82, 2.24) is 0 Å². The van der Waals surface area contributed by atoms with E-state index >= 15 is 0 Å². The van der Waals surface area contributed by atoms with Crippen LogP contribution < -0.4 is 5.73 Å². The van der Waals surface area contributed by atoms with Crippen LogP contribution in [0.1, 0.15) is 17.4 Å². The molecule has 0 bridgehead atoms. The van der Waals surface area contributed by atoms with Gasteiger partial charge in [-0.25, -0.2) is 0 Å². The van der Waals surface area contributed by atoms with Crippen molar-refractivity contribution >= 4 is 11.0 Å². The van der Waals surface area contributed by atoms with Crippen molar-refractivity contribution < 1.29 is 9.15 Å². The Hall–Kier alpha value is -2.10. The van der Waals surface area contributed by atoms with Gasteiger partial charge < -0.3 is 14.9 Å². The Balaban J connectivity index is 1.60. The van der Waals surface area contributed by atoms with Crippen molar-refractivity contribution in [1.29, 1.82) is 0 Å². The predicted octanol–water partition coefficient (Wildman–Crippen LogP) is 3.65. The first-order valence-corrected chi connectivity index (χ1v) is 6.68. The van der Waals surface area contributed by atoms with Gasteiger partial charge in [0.2, 0.25) is 0 Å². The van der Waals surface area contributed by atoms with Crippen LogP contribution in [-0.4, -0.2) is 6.61 Å². The van der Waals surface area contributed by atoms with Gasteiger partial charge in [-0.05, 0) is 17.7 Å². The van der Waals surface area contributed by atoms with Gasteiger partial charge in [-0.3, -0.25) is 0 Å². The molecule has 102 valence electrons. The Morgan fingerprint density at radius 1 is 1.00 bits per heavy atom.